The van der Waals surface area contributed by atoms with E-state index >= 15 is 0 Å². The second-order valence-electron chi connectivity index (χ2n) is 4.43. The number of benzene rings is 1. The number of Topliss-reactive ketones (excluding diaryl/α,β-unsaturated/α-hetero) is 1. The molecule has 0 radical (unpaired) electrons. The normalized spacial score (nSPS) is 10.8. The number of nitrogens with zero attached hydrogens (tertiary/aromatic N) is 2. The van der Waals surface area contributed by atoms with Gasteiger partial charge in [0.05, 0.1) is 11.5 Å². The first-order valence-corrected chi connectivity index (χ1v) is 6.79. The maximum absolute atomic E-state index is 11.9. The van der Waals surface area contributed by atoms with E-state index in [9.17, 15) is 14.9 Å². The van der Waals surface area contributed by atoms with Gasteiger partial charge in [0.25, 0.3) is 5.69 Å². The summed E-state index contributed by atoms with van der Waals surface area (Å²) in [5, 5.41) is 13.6. The molecular weight excluding hydrogens is 258 g/mol. The summed E-state index contributed by atoms with van der Waals surface area (Å²) in [4.78, 5) is 24.2. The van der Waals surface area contributed by atoms with Gasteiger partial charge in [-0.1, -0.05) is 13.8 Å². The van der Waals surface area contributed by atoms with E-state index in [0.717, 1.165) is 26.2 Å². The molecule has 0 saturated heterocycles. The smallest absolute Gasteiger partial charge is 0.269 e. The van der Waals surface area contributed by atoms with E-state index in [4.69, 9.17) is 0 Å². The SMILES string of the molecule is CCN(CC)CCNCC(=O)c1ccc([N+](=O)[O-])cc1. The highest BCUT2D eigenvalue weighted by Crippen LogP contribution is 2.11. The monoisotopic (exact) mass is 279 g/mol. The Morgan fingerprint density at radius 3 is 2.35 bits per heavy atom. The van der Waals surface area contributed by atoms with Crippen LogP contribution in [0.15, 0.2) is 24.3 Å². The Balaban J connectivity index is 2.37. The van der Waals surface area contributed by atoms with Crippen molar-refractivity contribution in [2.75, 3.05) is 32.7 Å². The minimum absolute atomic E-state index is 0.00366. The molecule has 1 aromatic rings. The summed E-state index contributed by atoms with van der Waals surface area (Å²) in [6, 6.07) is 5.69. The Labute approximate surface area is 118 Å². The molecule has 1 N–H and O–H groups in total. The molecule has 1 aromatic carbocycles. The number of nitro groups is 1. The van der Waals surface area contributed by atoms with E-state index in [1.54, 1.807) is 0 Å². The van der Waals surface area contributed by atoms with Gasteiger partial charge >= 0.3 is 0 Å². The molecule has 0 aliphatic carbocycles. The Morgan fingerprint density at radius 2 is 1.85 bits per heavy atom. The second kappa shape index (κ2) is 8.39. The van der Waals surface area contributed by atoms with Gasteiger partial charge in [0.1, 0.15) is 0 Å². The fraction of sp³-hybridized carbons (Fsp3) is 0.500. The lowest BCUT2D eigenvalue weighted by Crippen LogP contribution is -2.34. The summed E-state index contributed by atoms with van der Waals surface area (Å²) in [5.74, 6) is -0.0561. The van der Waals surface area contributed by atoms with Gasteiger partial charge in [0, 0.05) is 30.8 Å². The minimum atomic E-state index is -0.476. The van der Waals surface area contributed by atoms with E-state index in [1.807, 2.05) is 0 Å². The third-order valence-corrected chi connectivity index (χ3v) is 3.18. The van der Waals surface area contributed by atoms with Crippen LogP contribution in [0.3, 0.4) is 0 Å². The largest absolute Gasteiger partial charge is 0.308 e. The maximum atomic E-state index is 11.9. The molecule has 0 fully saturated rings. The standard InChI is InChI=1S/C14H21N3O3/c1-3-16(4-2)10-9-15-11-14(18)12-5-7-13(8-6-12)17(19)20/h5-8,15H,3-4,9-11H2,1-2H3. The predicted octanol–water partition coefficient (Wildman–Crippen LogP) is 1.71. The number of ketones is 1. The number of hydrogen-bond acceptors (Lipinski definition) is 5. The molecule has 0 aromatic heterocycles. The zero-order valence-corrected chi connectivity index (χ0v) is 12.0. The van der Waals surface area contributed by atoms with Crippen LogP contribution < -0.4 is 5.32 Å². The molecule has 0 unspecified atom stereocenters. The van der Waals surface area contributed by atoms with Crippen molar-refractivity contribution in [2.24, 2.45) is 0 Å². The second-order valence-corrected chi connectivity index (χ2v) is 4.43. The van der Waals surface area contributed by atoms with E-state index in [1.165, 1.54) is 24.3 Å². The number of non-ortho nitro benzene ring substituents is 1. The lowest BCUT2D eigenvalue weighted by molar-refractivity contribution is -0.384. The molecule has 0 spiro atoms. The van der Waals surface area contributed by atoms with Gasteiger partial charge in [-0.3, -0.25) is 14.9 Å². The van der Waals surface area contributed by atoms with Crippen molar-refractivity contribution in [1.29, 1.82) is 0 Å². The minimum Gasteiger partial charge on any atom is -0.308 e. The molecule has 110 valence electrons. The quantitative estimate of drug-likeness (QED) is 0.322. The highest BCUT2D eigenvalue weighted by molar-refractivity contribution is 5.97. The van der Waals surface area contributed by atoms with Gasteiger partial charge in [-0.05, 0) is 25.2 Å². The van der Waals surface area contributed by atoms with Crippen molar-refractivity contribution in [2.45, 2.75) is 13.8 Å². The summed E-state index contributed by atoms with van der Waals surface area (Å²) < 4.78 is 0. The van der Waals surface area contributed by atoms with Crippen LogP contribution in [-0.2, 0) is 0 Å². The Hall–Kier alpha value is -1.79. The molecular formula is C14H21N3O3. The average Bonchev–Trinajstić information content (AvgIpc) is 2.47. The molecule has 0 heterocycles. The van der Waals surface area contributed by atoms with Gasteiger partial charge in [0.2, 0.25) is 0 Å². The summed E-state index contributed by atoms with van der Waals surface area (Å²) in [5.41, 5.74) is 0.488. The number of carbonyl (C=O) groups is 1. The van der Waals surface area contributed by atoms with Gasteiger partial charge in [-0.2, -0.15) is 0 Å². The third-order valence-electron chi connectivity index (χ3n) is 3.18. The molecule has 6 nitrogen and oxygen atoms in total. The zero-order valence-electron chi connectivity index (χ0n) is 12.0. The van der Waals surface area contributed by atoms with Gasteiger partial charge in [-0.15, -0.1) is 0 Å². The van der Waals surface area contributed by atoms with Crippen molar-refractivity contribution >= 4 is 11.5 Å². The Kier molecular flexibility index (Phi) is 6.83. The van der Waals surface area contributed by atoms with E-state index in [0.29, 0.717) is 5.56 Å². The van der Waals surface area contributed by atoms with Crippen LogP contribution in [0.1, 0.15) is 24.2 Å². The summed E-state index contributed by atoms with van der Waals surface area (Å²) >= 11 is 0. The van der Waals surface area contributed by atoms with Gasteiger partial charge in [0.15, 0.2) is 5.78 Å². The van der Waals surface area contributed by atoms with Crippen LogP contribution in [0.5, 0.6) is 0 Å². The van der Waals surface area contributed by atoms with Crippen LogP contribution in [0, 0.1) is 10.1 Å². The molecule has 6 heteroatoms. The van der Waals surface area contributed by atoms with Crippen LogP contribution >= 0.6 is 0 Å². The molecule has 0 aliphatic rings. The highest BCUT2D eigenvalue weighted by atomic mass is 16.6. The van der Waals surface area contributed by atoms with Crippen LogP contribution in [0.2, 0.25) is 0 Å². The Bertz CT molecular complexity index is 441. The first-order chi connectivity index (χ1) is 9.58. The van der Waals surface area contributed by atoms with E-state index in [-0.39, 0.29) is 18.0 Å². The van der Waals surface area contributed by atoms with Crippen molar-refractivity contribution in [3.8, 4) is 0 Å². The average molecular weight is 279 g/mol. The molecule has 20 heavy (non-hydrogen) atoms. The zero-order chi connectivity index (χ0) is 15.0. The van der Waals surface area contributed by atoms with Crippen LogP contribution in [0.4, 0.5) is 5.69 Å². The number of nitrogens with one attached hydrogen (secondary N) is 1. The number of nitro benzene ring substituents is 1. The van der Waals surface area contributed by atoms with Gasteiger partial charge in [-0.25, -0.2) is 0 Å². The summed E-state index contributed by atoms with van der Waals surface area (Å²) in [6.45, 7) is 8.10. The molecule has 0 atom stereocenters. The first kappa shape index (κ1) is 16.3. The number of carbonyl (C=O) groups excluding carboxylic acids is 1. The molecule has 0 bridgehead atoms. The predicted molar refractivity (Wildman–Crippen MR) is 78.1 cm³/mol. The lowest BCUT2D eigenvalue weighted by atomic mass is 10.1. The Morgan fingerprint density at radius 1 is 1.25 bits per heavy atom. The van der Waals surface area contributed by atoms with Crippen molar-refractivity contribution in [3.63, 3.8) is 0 Å². The van der Waals surface area contributed by atoms with Crippen LogP contribution in [0.25, 0.3) is 0 Å². The van der Waals surface area contributed by atoms with Crippen LogP contribution in [-0.4, -0.2) is 48.3 Å². The first-order valence-electron chi connectivity index (χ1n) is 6.79. The maximum Gasteiger partial charge on any atom is 0.269 e. The van der Waals surface area contributed by atoms with E-state index in [2.05, 4.69) is 24.1 Å². The van der Waals surface area contributed by atoms with Gasteiger partial charge < -0.3 is 10.2 Å². The molecule has 0 saturated carbocycles. The molecule has 1 rings (SSSR count). The number of rotatable bonds is 9. The number of likely N-dealkylation sites (N-methyl/N-ethyl adjacent to an activating group) is 1. The summed E-state index contributed by atoms with van der Waals surface area (Å²) in [6.07, 6.45) is 0. The topological polar surface area (TPSA) is 75.5 Å². The summed E-state index contributed by atoms with van der Waals surface area (Å²) in [7, 11) is 0. The van der Waals surface area contributed by atoms with E-state index < -0.39 is 4.92 Å². The van der Waals surface area contributed by atoms with Crippen molar-refractivity contribution in [1.82, 2.24) is 10.2 Å². The fourth-order valence-electron chi connectivity index (χ4n) is 1.85. The highest BCUT2D eigenvalue weighted by Gasteiger charge is 2.09. The third kappa shape index (κ3) is 5.07. The number of hydrogen-bond donors (Lipinski definition) is 1. The molecule has 0 aliphatic heterocycles. The fourth-order valence-corrected chi connectivity index (χ4v) is 1.85. The lowest BCUT2D eigenvalue weighted by Gasteiger charge is -2.17. The van der Waals surface area contributed by atoms with Crippen molar-refractivity contribution in [3.05, 3.63) is 39.9 Å². The molecule has 0 amide bonds. The van der Waals surface area contributed by atoms with Crippen molar-refractivity contribution < 1.29 is 9.72 Å².